The summed E-state index contributed by atoms with van der Waals surface area (Å²) >= 11 is 0. The normalized spacial score (nSPS) is 25.9. The Balaban J connectivity index is 1.77. The van der Waals surface area contributed by atoms with Gasteiger partial charge < -0.3 is 4.74 Å². The molecule has 2 aromatic carbocycles. The molecule has 4 nitrogen and oxygen atoms in total. The van der Waals surface area contributed by atoms with Gasteiger partial charge >= 0.3 is 5.97 Å². The van der Waals surface area contributed by atoms with Crippen molar-refractivity contribution in [2.75, 3.05) is 0 Å². The molecule has 0 aromatic heterocycles. The van der Waals surface area contributed by atoms with E-state index < -0.39 is 32.6 Å². The number of carbonyl (C=O) groups excluding carboxylic acids is 1. The van der Waals surface area contributed by atoms with Gasteiger partial charge in [-0.15, -0.1) is 0 Å². The molecule has 0 bridgehead atoms. The van der Waals surface area contributed by atoms with Crippen LogP contribution in [0.1, 0.15) is 18.9 Å². The van der Waals surface area contributed by atoms with Crippen molar-refractivity contribution < 1.29 is 22.3 Å². The summed E-state index contributed by atoms with van der Waals surface area (Å²) in [5, 5.41) is -2.63. The number of alkyl halides is 1. The molecule has 126 valence electrons. The number of rotatable bonds is 5. The molecule has 1 fully saturated rings. The maximum Gasteiger partial charge on any atom is 0.316 e. The Bertz CT molecular complexity index is 851. The first-order valence-corrected chi connectivity index (χ1v) is 8.99. The fraction of sp³-hybridized carbons (Fsp3) is 0.278. The summed E-state index contributed by atoms with van der Waals surface area (Å²) in [7, 11) is -4.27. The van der Waals surface area contributed by atoms with Gasteiger partial charge in [-0.05, 0) is 24.6 Å². The topological polar surface area (TPSA) is 60.4 Å². The van der Waals surface area contributed by atoms with Crippen LogP contribution in [0.4, 0.5) is 4.39 Å². The van der Waals surface area contributed by atoms with Crippen molar-refractivity contribution in [2.24, 2.45) is 5.41 Å². The Morgan fingerprint density at radius 1 is 1.08 bits per heavy atom. The van der Waals surface area contributed by atoms with Gasteiger partial charge in [-0.1, -0.05) is 48.5 Å². The molecule has 0 saturated heterocycles. The van der Waals surface area contributed by atoms with Gasteiger partial charge in [0.15, 0.2) is 0 Å². The molecule has 3 rings (SSSR count). The van der Waals surface area contributed by atoms with Crippen LogP contribution in [0.5, 0.6) is 0 Å². The smallest absolute Gasteiger partial charge is 0.316 e. The fourth-order valence-electron chi connectivity index (χ4n) is 2.70. The van der Waals surface area contributed by atoms with Gasteiger partial charge in [0.25, 0.3) is 0 Å². The Kier molecular flexibility index (Phi) is 3.95. The largest absolute Gasteiger partial charge is 0.460 e. The van der Waals surface area contributed by atoms with Crippen LogP contribution in [0.15, 0.2) is 65.6 Å². The number of hydrogen-bond donors (Lipinski definition) is 0. The van der Waals surface area contributed by atoms with Crippen molar-refractivity contribution >= 4 is 15.8 Å². The van der Waals surface area contributed by atoms with E-state index in [1.807, 2.05) is 6.07 Å². The summed E-state index contributed by atoms with van der Waals surface area (Å²) < 4.78 is 45.3. The van der Waals surface area contributed by atoms with Gasteiger partial charge in [0, 0.05) is 6.42 Å². The summed E-state index contributed by atoms with van der Waals surface area (Å²) in [6.45, 7) is 1.28. The van der Waals surface area contributed by atoms with Crippen LogP contribution in [0, 0.1) is 5.41 Å². The number of sulfone groups is 1. The van der Waals surface area contributed by atoms with Crippen LogP contribution >= 0.6 is 0 Å². The van der Waals surface area contributed by atoms with E-state index in [-0.39, 0.29) is 11.5 Å². The molecule has 0 heterocycles. The lowest BCUT2D eigenvalue weighted by molar-refractivity contribution is -0.152. The maximum absolute atomic E-state index is 15.1. The number of ether oxygens (including phenoxy) is 1. The maximum atomic E-state index is 15.1. The van der Waals surface area contributed by atoms with E-state index in [4.69, 9.17) is 4.74 Å². The van der Waals surface area contributed by atoms with Crippen LogP contribution in [0.25, 0.3) is 0 Å². The molecular weight excluding hydrogens is 331 g/mol. The van der Waals surface area contributed by atoms with Gasteiger partial charge in [0.1, 0.15) is 12.0 Å². The molecule has 2 atom stereocenters. The Morgan fingerprint density at radius 3 is 2.21 bits per heavy atom. The van der Waals surface area contributed by atoms with Crippen LogP contribution in [0.3, 0.4) is 0 Å². The van der Waals surface area contributed by atoms with E-state index in [1.165, 1.54) is 31.2 Å². The van der Waals surface area contributed by atoms with Gasteiger partial charge in [0.05, 0.1) is 4.90 Å². The van der Waals surface area contributed by atoms with Crippen molar-refractivity contribution in [2.45, 2.75) is 29.8 Å². The minimum Gasteiger partial charge on any atom is -0.460 e. The molecule has 2 aromatic rings. The lowest BCUT2D eigenvalue weighted by Crippen LogP contribution is -2.31. The first-order valence-electron chi connectivity index (χ1n) is 7.51. The average molecular weight is 348 g/mol. The lowest BCUT2D eigenvalue weighted by Gasteiger charge is -2.15. The molecule has 1 aliphatic rings. The summed E-state index contributed by atoms with van der Waals surface area (Å²) in [5.41, 5.74) is -0.929. The fourth-order valence-corrected chi connectivity index (χ4v) is 4.74. The van der Waals surface area contributed by atoms with E-state index in [1.54, 1.807) is 30.3 Å². The molecule has 0 N–H and O–H groups in total. The quantitative estimate of drug-likeness (QED) is 0.778. The monoisotopic (exact) mass is 348 g/mol. The SMILES string of the molecule is CC1(C(=O)OCc2ccccc2)CC1(F)S(=O)(=O)c1ccccc1. The van der Waals surface area contributed by atoms with Gasteiger partial charge in [-0.2, -0.15) is 0 Å². The highest BCUT2D eigenvalue weighted by atomic mass is 32.2. The molecule has 0 amide bonds. The minimum absolute atomic E-state index is 0.0171. The van der Waals surface area contributed by atoms with Crippen molar-refractivity contribution in [3.63, 3.8) is 0 Å². The van der Waals surface area contributed by atoms with E-state index in [0.717, 1.165) is 5.56 Å². The zero-order chi connectivity index (χ0) is 17.4. The molecule has 0 radical (unpaired) electrons. The van der Waals surface area contributed by atoms with E-state index in [2.05, 4.69) is 0 Å². The summed E-state index contributed by atoms with van der Waals surface area (Å²) in [6, 6.07) is 16.3. The molecule has 1 aliphatic carbocycles. The average Bonchev–Trinajstić information content (AvgIpc) is 3.19. The van der Waals surface area contributed by atoms with Crippen LogP contribution < -0.4 is 0 Å². The summed E-state index contributed by atoms with van der Waals surface area (Å²) in [5.74, 6) is -0.839. The number of benzene rings is 2. The Hall–Kier alpha value is -2.21. The summed E-state index contributed by atoms with van der Waals surface area (Å²) in [6.07, 6.45) is -0.398. The first kappa shape index (κ1) is 16.6. The molecule has 2 unspecified atom stereocenters. The van der Waals surface area contributed by atoms with E-state index in [0.29, 0.717) is 0 Å². The molecule has 0 aliphatic heterocycles. The highest BCUT2D eigenvalue weighted by Gasteiger charge is 2.79. The van der Waals surface area contributed by atoms with Gasteiger partial charge in [0.2, 0.25) is 14.8 Å². The van der Waals surface area contributed by atoms with E-state index >= 15 is 4.39 Å². The second kappa shape index (κ2) is 5.70. The van der Waals surface area contributed by atoms with E-state index in [9.17, 15) is 13.2 Å². The third-order valence-electron chi connectivity index (χ3n) is 4.42. The molecule has 1 saturated carbocycles. The van der Waals surface area contributed by atoms with Crippen molar-refractivity contribution in [3.8, 4) is 0 Å². The third kappa shape index (κ3) is 2.51. The first-order chi connectivity index (χ1) is 11.3. The van der Waals surface area contributed by atoms with Crippen LogP contribution in [-0.2, 0) is 26.0 Å². The third-order valence-corrected chi connectivity index (χ3v) is 6.76. The van der Waals surface area contributed by atoms with Crippen molar-refractivity contribution in [1.82, 2.24) is 0 Å². The van der Waals surface area contributed by atoms with Crippen molar-refractivity contribution in [1.29, 1.82) is 0 Å². The predicted octanol–water partition coefficient (Wildman–Crippen LogP) is 3.28. The lowest BCUT2D eigenvalue weighted by atomic mass is 10.1. The van der Waals surface area contributed by atoms with Gasteiger partial charge in [-0.25, -0.2) is 12.8 Å². The summed E-state index contributed by atoms with van der Waals surface area (Å²) in [4.78, 5) is 12.1. The minimum atomic E-state index is -4.27. The standard InChI is InChI=1S/C18H17FO4S/c1-17(16(20)23-12-14-8-4-2-5-9-14)13-18(17,19)24(21,22)15-10-6-3-7-11-15/h2-11H,12-13H2,1H3. The van der Waals surface area contributed by atoms with Crippen molar-refractivity contribution in [3.05, 3.63) is 66.2 Å². The highest BCUT2D eigenvalue weighted by Crippen LogP contribution is 2.64. The number of carbonyl (C=O) groups is 1. The van der Waals surface area contributed by atoms with Crippen LogP contribution in [0.2, 0.25) is 0 Å². The second-order valence-electron chi connectivity index (χ2n) is 6.12. The molecule has 24 heavy (non-hydrogen) atoms. The zero-order valence-corrected chi connectivity index (χ0v) is 13.9. The molecule has 0 spiro atoms. The van der Waals surface area contributed by atoms with Crippen LogP contribution in [-0.4, -0.2) is 19.4 Å². The number of halogens is 1. The highest BCUT2D eigenvalue weighted by molar-refractivity contribution is 7.93. The second-order valence-corrected chi connectivity index (χ2v) is 8.24. The van der Waals surface area contributed by atoms with Gasteiger partial charge in [-0.3, -0.25) is 4.79 Å². The molecule has 6 heteroatoms. The number of hydrogen-bond acceptors (Lipinski definition) is 4. The molecular formula is C18H17FO4S. The number of esters is 1. The zero-order valence-electron chi connectivity index (χ0n) is 13.1. The predicted molar refractivity (Wildman–Crippen MR) is 86.4 cm³/mol. The Labute approximate surface area is 140 Å². The Morgan fingerprint density at radius 2 is 1.62 bits per heavy atom.